The van der Waals surface area contributed by atoms with Crippen LogP contribution < -0.4 is 5.32 Å². The molecule has 108 valence electrons. The van der Waals surface area contributed by atoms with Gasteiger partial charge in [0.25, 0.3) is 5.91 Å². The van der Waals surface area contributed by atoms with E-state index in [0.717, 1.165) is 18.4 Å². The normalized spacial score (nSPS) is 15.6. The molecule has 1 amide bonds. The Hall–Kier alpha value is -1.39. The van der Waals surface area contributed by atoms with Crippen LogP contribution in [-0.4, -0.2) is 5.91 Å². The maximum absolute atomic E-state index is 13.8. The van der Waals surface area contributed by atoms with Gasteiger partial charge in [-0.2, -0.15) is 0 Å². The zero-order valence-electron chi connectivity index (χ0n) is 11.0. The van der Waals surface area contributed by atoms with Crippen LogP contribution in [0.15, 0.2) is 46.9 Å². The predicted molar refractivity (Wildman–Crippen MR) is 83.9 cm³/mol. The van der Waals surface area contributed by atoms with E-state index in [1.165, 1.54) is 12.1 Å². The molecular weight excluding hydrogens is 357 g/mol. The van der Waals surface area contributed by atoms with Crippen molar-refractivity contribution < 1.29 is 9.18 Å². The molecule has 5 heteroatoms. The molecule has 1 N–H and O–H groups in total. The minimum Gasteiger partial charge on any atom is -0.342 e. The summed E-state index contributed by atoms with van der Waals surface area (Å²) in [5.41, 5.74) is 0.649. The summed E-state index contributed by atoms with van der Waals surface area (Å²) in [7, 11) is 0. The van der Waals surface area contributed by atoms with Gasteiger partial charge in [0.15, 0.2) is 0 Å². The highest BCUT2D eigenvalue weighted by molar-refractivity contribution is 9.10. The Morgan fingerprint density at radius 1 is 1.19 bits per heavy atom. The molecule has 1 aliphatic rings. The van der Waals surface area contributed by atoms with Gasteiger partial charge in [0.1, 0.15) is 5.82 Å². The number of halogens is 3. The highest BCUT2D eigenvalue weighted by atomic mass is 79.9. The molecule has 0 aromatic heterocycles. The van der Waals surface area contributed by atoms with Crippen molar-refractivity contribution in [1.29, 1.82) is 0 Å². The van der Waals surface area contributed by atoms with Gasteiger partial charge in [-0.25, -0.2) is 4.39 Å². The molecule has 3 rings (SSSR count). The summed E-state index contributed by atoms with van der Waals surface area (Å²) < 4.78 is 14.4. The van der Waals surface area contributed by atoms with Gasteiger partial charge in [0, 0.05) is 9.50 Å². The molecule has 0 radical (unpaired) electrons. The molecule has 1 saturated carbocycles. The third kappa shape index (κ3) is 2.97. The highest BCUT2D eigenvalue weighted by Crippen LogP contribution is 2.46. The van der Waals surface area contributed by atoms with E-state index in [9.17, 15) is 9.18 Å². The van der Waals surface area contributed by atoms with Crippen LogP contribution in [0.1, 0.15) is 28.8 Å². The monoisotopic (exact) mass is 367 g/mol. The first kappa shape index (κ1) is 14.5. The van der Waals surface area contributed by atoms with E-state index in [1.54, 1.807) is 18.2 Å². The molecule has 0 spiro atoms. The van der Waals surface area contributed by atoms with E-state index in [1.807, 2.05) is 12.1 Å². The maximum Gasteiger partial charge on any atom is 0.254 e. The number of hydrogen-bond acceptors (Lipinski definition) is 1. The second-order valence-corrected chi connectivity index (χ2v) is 6.52. The van der Waals surface area contributed by atoms with Crippen molar-refractivity contribution in [2.75, 3.05) is 0 Å². The van der Waals surface area contributed by atoms with Gasteiger partial charge in [0.2, 0.25) is 0 Å². The van der Waals surface area contributed by atoms with Crippen LogP contribution in [0.5, 0.6) is 0 Å². The minimum absolute atomic E-state index is 0.0459. The highest BCUT2D eigenvalue weighted by Gasteiger charge is 2.45. The van der Waals surface area contributed by atoms with Crippen LogP contribution in [0.25, 0.3) is 0 Å². The molecule has 2 nitrogen and oxygen atoms in total. The summed E-state index contributed by atoms with van der Waals surface area (Å²) in [6.45, 7) is 0. The van der Waals surface area contributed by atoms with Crippen molar-refractivity contribution in [3.63, 3.8) is 0 Å². The fourth-order valence-corrected chi connectivity index (χ4v) is 2.82. The van der Waals surface area contributed by atoms with Gasteiger partial charge < -0.3 is 5.32 Å². The molecule has 2 aromatic carbocycles. The Balaban J connectivity index is 1.84. The number of carbonyl (C=O) groups is 1. The Morgan fingerprint density at radius 2 is 1.86 bits per heavy atom. The molecule has 2 aromatic rings. The Morgan fingerprint density at radius 3 is 2.48 bits per heavy atom. The van der Waals surface area contributed by atoms with Crippen molar-refractivity contribution in [3.8, 4) is 0 Å². The molecule has 21 heavy (non-hydrogen) atoms. The second-order valence-electron chi connectivity index (χ2n) is 5.17. The largest absolute Gasteiger partial charge is 0.342 e. The smallest absolute Gasteiger partial charge is 0.254 e. The summed E-state index contributed by atoms with van der Waals surface area (Å²) in [6.07, 6.45) is 1.69. The second kappa shape index (κ2) is 5.43. The number of amides is 1. The average Bonchev–Trinajstić information content (AvgIpc) is 3.23. The molecule has 0 bridgehead atoms. The first-order chi connectivity index (χ1) is 10.00. The van der Waals surface area contributed by atoms with E-state index >= 15 is 0 Å². The van der Waals surface area contributed by atoms with Gasteiger partial charge in [-0.1, -0.05) is 39.7 Å². The van der Waals surface area contributed by atoms with Gasteiger partial charge >= 0.3 is 0 Å². The van der Waals surface area contributed by atoms with Crippen molar-refractivity contribution >= 4 is 33.4 Å². The fraction of sp³-hybridized carbons (Fsp3) is 0.188. The quantitative estimate of drug-likeness (QED) is 0.839. The molecule has 0 unspecified atom stereocenters. The summed E-state index contributed by atoms with van der Waals surface area (Å²) >= 11 is 9.13. The van der Waals surface area contributed by atoms with Crippen LogP contribution >= 0.6 is 27.5 Å². The van der Waals surface area contributed by atoms with E-state index in [4.69, 9.17) is 11.6 Å². The van der Waals surface area contributed by atoms with Crippen LogP contribution in [0.4, 0.5) is 4.39 Å². The summed E-state index contributed by atoms with van der Waals surface area (Å²) in [4.78, 5) is 12.3. The molecule has 0 aliphatic heterocycles. The molecular formula is C16H12BrClFNO. The average molecular weight is 369 g/mol. The van der Waals surface area contributed by atoms with Crippen LogP contribution in [-0.2, 0) is 5.54 Å². The van der Waals surface area contributed by atoms with Gasteiger partial charge in [0.05, 0.1) is 11.1 Å². The van der Waals surface area contributed by atoms with Crippen LogP contribution in [0.3, 0.4) is 0 Å². The van der Waals surface area contributed by atoms with E-state index in [0.29, 0.717) is 9.50 Å². The Bertz CT molecular complexity index is 698. The van der Waals surface area contributed by atoms with E-state index < -0.39 is 17.3 Å². The first-order valence-corrected chi connectivity index (χ1v) is 7.71. The maximum atomic E-state index is 13.8. The predicted octanol–water partition coefficient (Wildman–Crippen LogP) is 4.66. The number of hydrogen-bond donors (Lipinski definition) is 1. The molecule has 1 fully saturated rings. The molecule has 1 aliphatic carbocycles. The van der Waals surface area contributed by atoms with Crippen molar-refractivity contribution in [3.05, 3.63) is 68.9 Å². The standard InChI is InChI=1S/C16H12BrClFNO/c17-11-3-6-14(19)13(9-11)15(21)20-16(7-8-16)10-1-4-12(18)5-2-10/h1-6,9H,7-8H2,(H,20,21). The fourth-order valence-electron chi connectivity index (χ4n) is 2.34. The SMILES string of the molecule is O=C(NC1(c2ccc(Cl)cc2)CC1)c1cc(Br)ccc1F. The molecule has 0 saturated heterocycles. The molecule has 0 heterocycles. The summed E-state index contributed by atoms with van der Waals surface area (Å²) in [6, 6.07) is 11.7. The minimum atomic E-state index is -0.525. The van der Waals surface area contributed by atoms with Gasteiger partial charge in [-0.05, 0) is 48.7 Å². The summed E-state index contributed by atoms with van der Waals surface area (Å²) in [5, 5.41) is 3.60. The Labute approximate surface area is 135 Å². The van der Waals surface area contributed by atoms with Gasteiger partial charge in [-0.3, -0.25) is 4.79 Å². The Kier molecular flexibility index (Phi) is 3.76. The van der Waals surface area contributed by atoms with Crippen molar-refractivity contribution in [2.24, 2.45) is 0 Å². The number of nitrogens with one attached hydrogen (secondary N) is 1. The van der Waals surface area contributed by atoms with E-state index in [2.05, 4.69) is 21.2 Å². The summed E-state index contributed by atoms with van der Waals surface area (Å²) in [5.74, 6) is -0.927. The number of carbonyl (C=O) groups excluding carboxylic acids is 1. The van der Waals surface area contributed by atoms with Crippen LogP contribution in [0.2, 0.25) is 5.02 Å². The lowest BCUT2D eigenvalue weighted by atomic mass is 10.0. The topological polar surface area (TPSA) is 29.1 Å². The van der Waals surface area contributed by atoms with E-state index in [-0.39, 0.29) is 5.56 Å². The zero-order valence-corrected chi connectivity index (χ0v) is 13.3. The van der Waals surface area contributed by atoms with Gasteiger partial charge in [-0.15, -0.1) is 0 Å². The van der Waals surface area contributed by atoms with Crippen molar-refractivity contribution in [1.82, 2.24) is 5.32 Å². The first-order valence-electron chi connectivity index (χ1n) is 6.54. The number of benzene rings is 2. The zero-order chi connectivity index (χ0) is 15.0. The van der Waals surface area contributed by atoms with Crippen LogP contribution in [0, 0.1) is 5.82 Å². The third-order valence-electron chi connectivity index (χ3n) is 3.67. The lowest BCUT2D eigenvalue weighted by Crippen LogP contribution is -2.35. The number of rotatable bonds is 3. The third-order valence-corrected chi connectivity index (χ3v) is 4.42. The molecule has 0 atom stereocenters. The van der Waals surface area contributed by atoms with Crippen molar-refractivity contribution in [2.45, 2.75) is 18.4 Å². The lowest BCUT2D eigenvalue weighted by Gasteiger charge is -2.18. The lowest BCUT2D eigenvalue weighted by molar-refractivity contribution is 0.0926.